The Hall–Kier alpha value is -1.77. The zero-order chi connectivity index (χ0) is 10.4. The summed E-state index contributed by atoms with van der Waals surface area (Å²) < 4.78 is 5.18. The summed E-state index contributed by atoms with van der Waals surface area (Å²) in [6.45, 7) is 1.77. The average molecular weight is 192 g/mol. The Morgan fingerprint density at radius 3 is 2.57 bits per heavy atom. The number of ether oxygens (including phenoxy) is 1. The van der Waals surface area contributed by atoms with Gasteiger partial charge in [0.2, 0.25) is 0 Å². The second-order valence-corrected chi connectivity index (χ2v) is 2.73. The van der Waals surface area contributed by atoms with Crippen LogP contribution in [-0.4, -0.2) is 11.1 Å². The zero-order valence-corrected chi connectivity index (χ0v) is 7.93. The molecule has 0 fully saturated rings. The molecule has 0 bridgehead atoms. The van der Waals surface area contributed by atoms with Gasteiger partial charge in [-0.05, 0) is 18.6 Å². The number of benzene rings is 1. The van der Waals surface area contributed by atoms with Gasteiger partial charge in [-0.1, -0.05) is 25.1 Å². The number of para-hydroxylation sites is 1. The van der Waals surface area contributed by atoms with Gasteiger partial charge in [-0.2, -0.15) is 0 Å². The van der Waals surface area contributed by atoms with Gasteiger partial charge in [-0.15, -0.1) is 0 Å². The molecule has 1 rings (SSSR count). The second kappa shape index (κ2) is 5.07. The number of carboxylic acid groups (broad SMARTS) is 1. The molecule has 0 aliphatic carbocycles. The van der Waals surface area contributed by atoms with Gasteiger partial charge in [0.1, 0.15) is 12.0 Å². The summed E-state index contributed by atoms with van der Waals surface area (Å²) in [6.07, 6.45) is 1.72. The van der Waals surface area contributed by atoms with E-state index >= 15 is 0 Å². The van der Waals surface area contributed by atoms with Crippen molar-refractivity contribution in [2.24, 2.45) is 0 Å². The largest absolute Gasteiger partial charge is 0.478 e. The lowest BCUT2D eigenvalue weighted by Gasteiger charge is -2.01. The van der Waals surface area contributed by atoms with Crippen LogP contribution in [0.1, 0.15) is 13.3 Å². The van der Waals surface area contributed by atoms with E-state index in [-0.39, 0.29) is 5.57 Å². The molecule has 1 aromatic carbocycles. The molecular weight excluding hydrogens is 180 g/mol. The monoisotopic (exact) mass is 192 g/mol. The van der Waals surface area contributed by atoms with Crippen molar-refractivity contribution in [2.45, 2.75) is 13.3 Å². The van der Waals surface area contributed by atoms with Crippen LogP contribution >= 0.6 is 0 Å². The first kappa shape index (κ1) is 10.3. The Morgan fingerprint density at radius 2 is 2.07 bits per heavy atom. The fraction of sp³-hybridized carbons (Fsp3) is 0.182. The third-order valence-electron chi connectivity index (χ3n) is 1.74. The molecule has 74 valence electrons. The van der Waals surface area contributed by atoms with Crippen LogP contribution in [0.2, 0.25) is 0 Å². The van der Waals surface area contributed by atoms with Crippen molar-refractivity contribution < 1.29 is 14.6 Å². The predicted molar refractivity (Wildman–Crippen MR) is 53.1 cm³/mol. The van der Waals surface area contributed by atoms with Crippen LogP contribution in [0.5, 0.6) is 5.75 Å². The molecule has 0 spiro atoms. The van der Waals surface area contributed by atoms with E-state index in [1.165, 1.54) is 6.26 Å². The molecule has 0 radical (unpaired) electrons. The van der Waals surface area contributed by atoms with E-state index in [0.29, 0.717) is 12.2 Å². The number of rotatable bonds is 4. The molecule has 0 amide bonds. The van der Waals surface area contributed by atoms with Gasteiger partial charge in [-0.3, -0.25) is 0 Å². The van der Waals surface area contributed by atoms with Gasteiger partial charge in [-0.25, -0.2) is 4.79 Å². The average Bonchev–Trinajstić information content (AvgIpc) is 2.20. The third kappa shape index (κ3) is 2.94. The summed E-state index contributed by atoms with van der Waals surface area (Å²) in [5.74, 6) is -0.303. The summed E-state index contributed by atoms with van der Waals surface area (Å²) in [6, 6.07) is 9.07. The van der Waals surface area contributed by atoms with Gasteiger partial charge in [0, 0.05) is 0 Å². The Labute approximate surface area is 82.6 Å². The summed E-state index contributed by atoms with van der Waals surface area (Å²) in [5, 5.41) is 8.70. The van der Waals surface area contributed by atoms with E-state index in [4.69, 9.17) is 9.84 Å². The number of hydrogen-bond acceptors (Lipinski definition) is 2. The lowest BCUT2D eigenvalue weighted by Crippen LogP contribution is -2.00. The van der Waals surface area contributed by atoms with Crippen LogP contribution in [0.25, 0.3) is 0 Å². The van der Waals surface area contributed by atoms with Crippen molar-refractivity contribution >= 4 is 5.97 Å². The number of carbonyl (C=O) groups is 1. The van der Waals surface area contributed by atoms with Crippen LogP contribution in [0.3, 0.4) is 0 Å². The first-order valence-electron chi connectivity index (χ1n) is 4.38. The molecule has 0 atom stereocenters. The highest BCUT2D eigenvalue weighted by molar-refractivity contribution is 5.86. The predicted octanol–water partition coefficient (Wildman–Crippen LogP) is 2.44. The van der Waals surface area contributed by atoms with Gasteiger partial charge in [0.15, 0.2) is 0 Å². The van der Waals surface area contributed by atoms with E-state index < -0.39 is 5.97 Å². The Morgan fingerprint density at radius 1 is 1.43 bits per heavy atom. The number of hydrogen-bond donors (Lipinski definition) is 1. The molecule has 0 heterocycles. The highest BCUT2D eigenvalue weighted by Gasteiger charge is 2.03. The van der Waals surface area contributed by atoms with Crippen LogP contribution in [0.4, 0.5) is 0 Å². The summed E-state index contributed by atoms with van der Waals surface area (Å²) in [4.78, 5) is 10.6. The zero-order valence-electron chi connectivity index (χ0n) is 7.93. The quantitative estimate of drug-likeness (QED) is 0.588. The van der Waals surface area contributed by atoms with Gasteiger partial charge >= 0.3 is 5.97 Å². The maximum absolute atomic E-state index is 10.6. The topological polar surface area (TPSA) is 46.5 Å². The van der Waals surface area contributed by atoms with E-state index in [1.807, 2.05) is 18.2 Å². The summed E-state index contributed by atoms with van der Waals surface area (Å²) in [5.41, 5.74) is 0.258. The Bertz CT molecular complexity index is 328. The first-order valence-corrected chi connectivity index (χ1v) is 4.38. The minimum atomic E-state index is -0.941. The van der Waals surface area contributed by atoms with E-state index in [9.17, 15) is 4.79 Å². The lowest BCUT2D eigenvalue weighted by atomic mass is 10.2. The van der Waals surface area contributed by atoms with E-state index in [0.717, 1.165) is 0 Å². The minimum Gasteiger partial charge on any atom is -0.478 e. The lowest BCUT2D eigenvalue weighted by molar-refractivity contribution is -0.132. The Balaban J connectivity index is 2.66. The van der Waals surface area contributed by atoms with Crippen LogP contribution in [0.15, 0.2) is 42.2 Å². The maximum atomic E-state index is 10.6. The molecule has 14 heavy (non-hydrogen) atoms. The first-order chi connectivity index (χ1) is 6.74. The molecule has 1 N–H and O–H groups in total. The molecule has 3 nitrogen and oxygen atoms in total. The molecule has 1 aromatic rings. The second-order valence-electron chi connectivity index (χ2n) is 2.73. The van der Waals surface area contributed by atoms with Crippen LogP contribution < -0.4 is 4.74 Å². The molecule has 0 unspecified atom stereocenters. The number of carboxylic acids is 1. The maximum Gasteiger partial charge on any atom is 0.334 e. The van der Waals surface area contributed by atoms with Crippen molar-refractivity contribution in [3.8, 4) is 5.75 Å². The molecule has 3 heteroatoms. The normalized spacial score (nSPS) is 11.1. The SMILES string of the molecule is CCC(=COc1ccccc1)C(=O)O. The van der Waals surface area contributed by atoms with Gasteiger partial charge in [0.25, 0.3) is 0 Å². The van der Waals surface area contributed by atoms with Crippen molar-refractivity contribution in [1.29, 1.82) is 0 Å². The molecule has 0 saturated carbocycles. The molecule has 0 aliphatic heterocycles. The molecule has 0 saturated heterocycles. The van der Waals surface area contributed by atoms with Crippen molar-refractivity contribution in [2.75, 3.05) is 0 Å². The Kier molecular flexibility index (Phi) is 3.73. The molecule has 0 aliphatic rings. The number of aliphatic carboxylic acids is 1. The van der Waals surface area contributed by atoms with Crippen molar-refractivity contribution in [1.82, 2.24) is 0 Å². The summed E-state index contributed by atoms with van der Waals surface area (Å²) in [7, 11) is 0. The van der Waals surface area contributed by atoms with Crippen molar-refractivity contribution in [3.63, 3.8) is 0 Å². The fourth-order valence-corrected chi connectivity index (χ4v) is 0.923. The van der Waals surface area contributed by atoms with E-state index in [1.54, 1.807) is 19.1 Å². The highest BCUT2D eigenvalue weighted by Crippen LogP contribution is 2.10. The highest BCUT2D eigenvalue weighted by atomic mass is 16.5. The van der Waals surface area contributed by atoms with Gasteiger partial charge in [0.05, 0.1) is 5.57 Å². The minimum absolute atomic E-state index is 0.258. The van der Waals surface area contributed by atoms with Crippen LogP contribution in [-0.2, 0) is 4.79 Å². The fourth-order valence-electron chi connectivity index (χ4n) is 0.923. The smallest absolute Gasteiger partial charge is 0.334 e. The molecule has 0 aromatic heterocycles. The summed E-state index contributed by atoms with van der Waals surface area (Å²) >= 11 is 0. The standard InChI is InChI=1S/C11H12O3/c1-2-9(11(12)13)8-14-10-6-4-3-5-7-10/h3-8H,2H2,1H3,(H,12,13). The van der Waals surface area contributed by atoms with E-state index in [2.05, 4.69) is 0 Å². The third-order valence-corrected chi connectivity index (χ3v) is 1.74. The van der Waals surface area contributed by atoms with Crippen molar-refractivity contribution in [3.05, 3.63) is 42.2 Å². The van der Waals surface area contributed by atoms with Gasteiger partial charge < -0.3 is 9.84 Å². The van der Waals surface area contributed by atoms with Crippen LogP contribution in [0, 0.1) is 0 Å². The molecular formula is C11H12O3.